The van der Waals surface area contributed by atoms with Crippen LogP contribution in [0, 0.1) is 0 Å². The fourth-order valence-corrected chi connectivity index (χ4v) is 3.72. The van der Waals surface area contributed by atoms with Crippen molar-refractivity contribution >= 4 is 11.7 Å². The number of piperidine rings is 1. The molecule has 2 aliphatic rings. The minimum Gasteiger partial charge on any atom is -0.481 e. The molecule has 27 heavy (non-hydrogen) atoms. The number of anilines is 1. The summed E-state index contributed by atoms with van der Waals surface area (Å²) >= 11 is 0. The summed E-state index contributed by atoms with van der Waals surface area (Å²) in [6, 6.07) is 3.47. The maximum Gasteiger partial charge on any atom is 0.255 e. The van der Waals surface area contributed by atoms with E-state index in [9.17, 15) is 4.79 Å². The number of amides is 1. The highest BCUT2D eigenvalue weighted by Crippen LogP contribution is 2.32. The number of rotatable bonds is 3. The third kappa shape index (κ3) is 3.71. The van der Waals surface area contributed by atoms with Crippen LogP contribution in [-0.2, 0) is 4.74 Å². The van der Waals surface area contributed by atoms with Crippen LogP contribution in [0.2, 0.25) is 0 Å². The molecule has 8 heteroatoms. The number of nitrogens with zero attached hydrogens (tertiary/aromatic N) is 5. The molecule has 0 atom stereocenters. The highest BCUT2D eigenvalue weighted by molar-refractivity contribution is 5.94. The molecule has 4 heterocycles. The van der Waals surface area contributed by atoms with Gasteiger partial charge in [-0.05, 0) is 18.9 Å². The molecule has 2 aliphatic heterocycles. The van der Waals surface area contributed by atoms with Crippen molar-refractivity contribution in [1.82, 2.24) is 19.9 Å². The quantitative estimate of drug-likeness (QED) is 0.809. The summed E-state index contributed by atoms with van der Waals surface area (Å²) in [6.07, 6.45) is 8.35. The van der Waals surface area contributed by atoms with E-state index in [2.05, 4.69) is 19.9 Å². The molecule has 0 aromatic carbocycles. The van der Waals surface area contributed by atoms with Crippen LogP contribution in [0.1, 0.15) is 23.2 Å². The summed E-state index contributed by atoms with van der Waals surface area (Å²) in [5.41, 5.74) is 0.350. The summed E-state index contributed by atoms with van der Waals surface area (Å²) < 4.78 is 11.2. The van der Waals surface area contributed by atoms with Gasteiger partial charge in [-0.3, -0.25) is 9.78 Å². The lowest BCUT2D eigenvalue weighted by Crippen LogP contribution is -2.57. The number of ether oxygens (including phenoxy) is 2. The molecule has 0 N–H and O–H groups in total. The number of likely N-dealkylation sites (tertiary alicyclic amines) is 1. The lowest BCUT2D eigenvalue weighted by molar-refractivity contribution is -0.0870. The maximum absolute atomic E-state index is 12.7. The topological polar surface area (TPSA) is 80.7 Å². The Balaban J connectivity index is 1.39. The lowest BCUT2D eigenvalue weighted by Gasteiger charge is -2.47. The average molecular weight is 369 g/mol. The third-order valence-electron chi connectivity index (χ3n) is 5.28. The van der Waals surface area contributed by atoms with E-state index in [1.165, 1.54) is 0 Å². The number of hydrogen-bond acceptors (Lipinski definition) is 7. The van der Waals surface area contributed by atoms with Gasteiger partial charge in [-0.1, -0.05) is 0 Å². The van der Waals surface area contributed by atoms with Gasteiger partial charge in [0.15, 0.2) is 0 Å². The van der Waals surface area contributed by atoms with Crippen molar-refractivity contribution < 1.29 is 14.3 Å². The van der Waals surface area contributed by atoms with Crippen LogP contribution < -0.4 is 9.64 Å². The second-order valence-electron chi connectivity index (χ2n) is 6.90. The van der Waals surface area contributed by atoms with Gasteiger partial charge in [0.2, 0.25) is 5.88 Å². The first kappa shape index (κ1) is 17.7. The van der Waals surface area contributed by atoms with Crippen LogP contribution in [-0.4, -0.2) is 71.3 Å². The highest BCUT2D eigenvalue weighted by Gasteiger charge is 2.41. The Morgan fingerprint density at radius 2 is 2.00 bits per heavy atom. The molecule has 2 fully saturated rings. The zero-order valence-corrected chi connectivity index (χ0v) is 15.4. The predicted molar refractivity (Wildman–Crippen MR) is 98.9 cm³/mol. The van der Waals surface area contributed by atoms with E-state index in [-0.39, 0.29) is 11.5 Å². The molecule has 0 aliphatic carbocycles. The predicted octanol–water partition coefficient (Wildman–Crippen LogP) is 1.39. The molecule has 8 nitrogen and oxygen atoms in total. The van der Waals surface area contributed by atoms with Gasteiger partial charge in [0.25, 0.3) is 5.91 Å². The van der Waals surface area contributed by atoms with Gasteiger partial charge >= 0.3 is 0 Å². The molecule has 4 rings (SSSR count). The first-order valence-electron chi connectivity index (χ1n) is 9.13. The van der Waals surface area contributed by atoms with E-state index in [0.717, 1.165) is 31.7 Å². The van der Waals surface area contributed by atoms with E-state index in [1.807, 2.05) is 4.90 Å². The zero-order chi connectivity index (χ0) is 18.7. The van der Waals surface area contributed by atoms with Crippen LogP contribution >= 0.6 is 0 Å². The molecule has 0 saturated carbocycles. The minimum atomic E-state index is -0.231. The van der Waals surface area contributed by atoms with Gasteiger partial charge in [0, 0.05) is 50.8 Å². The van der Waals surface area contributed by atoms with Gasteiger partial charge in [-0.15, -0.1) is 0 Å². The fourth-order valence-electron chi connectivity index (χ4n) is 3.72. The Morgan fingerprint density at radius 1 is 1.15 bits per heavy atom. The molecule has 1 spiro atoms. The molecule has 0 bridgehead atoms. The molecule has 0 radical (unpaired) electrons. The number of morpholine rings is 1. The van der Waals surface area contributed by atoms with Gasteiger partial charge in [-0.2, -0.15) is 0 Å². The van der Waals surface area contributed by atoms with Crippen molar-refractivity contribution in [2.45, 2.75) is 18.4 Å². The SMILES string of the molecule is COc1ccc(C(=O)N2CCC3(CC2)CN(c2cnccn2)CCO3)cn1. The monoisotopic (exact) mass is 369 g/mol. The number of methoxy groups -OCH3 is 1. The zero-order valence-electron chi connectivity index (χ0n) is 15.4. The van der Waals surface area contributed by atoms with Gasteiger partial charge < -0.3 is 19.3 Å². The number of carbonyl (C=O) groups is 1. The van der Waals surface area contributed by atoms with E-state index in [4.69, 9.17) is 9.47 Å². The third-order valence-corrected chi connectivity index (χ3v) is 5.28. The fraction of sp³-hybridized carbons (Fsp3) is 0.474. The molecule has 2 aromatic rings. The van der Waals surface area contributed by atoms with Gasteiger partial charge in [0.05, 0.1) is 31.1 Å². The number of hydrogen-bond donors (Lipinski definition) is 0. The van der Waals surface area contributed by atoms with Crippen molar-refractivity contribution in [3.63, 3.8) is 0 Å². The number of pyridine rings is 1. The molecular weight excluding hydrogens is 346 g/mol. The van der Waals surface area contributed by atoms with Crippen molar-refractivity contribution in [1.29, 1.82) is 0 Å². The van der Waals surface area contributed by atoms with Crippen LogP contribution in [0.4, 0.5) is 5.82 Å². The van der Waals surface area contributed by atoms with E-state index < -0.39 is 0 Å². The van der Waals surface area contributed by atoms with E-state index in [0.29, 0.717) is 31.1 Å². The largest absolute Gasteiger partial charge is 0.481 e. The Bertz CT molecular complexity index is 776. The molecule has 1 amide bonds. The lowest BCUT2D eigenvalue weighted by atomic mass is 9.89. The smallest absolute Gasteiger partial charge is 0.255 e. The van der Waals surface area contributed by atoms with E-state index >= 15 is 0 Å². The standard InChI is InChI=1S/C19H23N5O3/c1-26-17-3-2-15(12-22-17)18(25)23-8-4-19(5-9-23)14-24(10-11-27-19)16-13-20-6-7-21-16/h2-3,6-7,12-13H,4-5,8-11,14H2,1H3. The van der Waals surface area contributed by atoms with Crippen LogP contribution in [0.25, 0.3) is 0 Å². The van der Waals surface area contributed by atoms with Crippen LogP contribution in [0.5, 0.6) is 5.88 Å². The second-order valence-corrected chi connectivity index (χ2v) is 6.90. The van der Waals surface area contributed by atoms with Crippen LogP contribution in [0.15, 0.2) is 36.9 Å². The molecule has 2 aromatic heterocycles. The first-order chi connectivity index (χ1) is 13.2. The molecule has 2 saturated heterocycles. The summed E-state index contributed by atoms with van der Waals surface area (Å²) in [5.74, 6) is 1.38. The van der Waals surface area contributed by atoms with Gasteiger partial charge in [-0.25, -0.2) is 9.97 Å². The van der Waals surface area contributed by atoms with Crippen molar-refractivity contribution in [3.05, 3.63) is 42.5 Å². The Hall–Kier alpha value is -2.74. The average Bonchev–Trinajstić information content (AvgIpc) is 2.75. The molecule has 0 unspecified atom stereocenters. The highest BCUT2D eigenvalue weighted by atomic mass is 16.5. The summed E-state index contributed by atoms with van der Waals surface area (Å²) in [4.78, 5) is 29.5. The van der Waals surface area contributed by atoms with Gasteiger partial charge in [0.1, 0.15) is 5.82 Å². The Labute approximate surface area is 158 Å². The summed E-state index contributed by atoms with van der Waals surface area (Å²) in [7, 11) is 1.56. The van der Waals surface area contributed by atoms with E-state index in [1.54, 1.807) is 44.0 Å². The molecular formula is C19H23N5O3. The Morgan fingerprint density at radius 3 is 2.67 bits per heavy atom. The number of aromatic nitrogens is 3. The first-order valence-corrected chi connectivity index (χ1v) is 9.13. The van der Waals surface area contributed by atoms with Crippen molar-refractivity contribution in [2.75, 3.05) is 44.8 Å². The summed E-state index contributed by atoms with van der Waals surface area (Å²) in [5, 5.41) is 0. The number of carbonyl (C=O) groups excluding carboxylic acids is 1. The normalized spacial score (nSPS) is 19.1. The van der Waals surface area contributed by atoms with Crippen molar-refractivity contribution in [2.24, 2.45) is 0 Å². The minimum absolute atomic E-state index is 0.00148. The maximum atomic E-state index is 12.7. The molecule has 142 valence electrons. The Kier molecular flexibility index (Phi) is 4.89. The van der Waals surface area contributed by atoms with Crippen molar-refractivity contribution in [3.8, 4) is 5.88 Å². The second kappa shape index (κ2) is 7.48. The summed E-state index contributed by atoms with van der Waals surface area (Å²) in [6.45, 7) is 3.57. The van der Waals surface area contributed by atoms with Crippen LogP contribution in [0.3, 0.4) is 0 Å².